The highest BCUT2D eigenvalue weighted by Gasteiger charge is 2.20. The summed E-state index contributed by atoms with van der Waals surface area (Å²) in [4.78, 5) is 4.25. The molecule has 2 aromatic carbocycles. The van der Waals surface area contributed by atoms with Gasteiger partial charge in [0.05, 0.1) is 6.54 Å². The molecule has 0 saturated heterocycles. The Kier molecular flexibility index (Phi) is 7.36. The summed E-state index contributed by atoms with van der Waals surface area (Å²) in [6.07, 6.45) is -0.0437. The lowest BCUT2D eigenvalue weighted by molar-refractivity contribution is 0.0936. The molecular formula is C19H24IN3O2. The molecule has 1 aliphatic heterocycles. The lowest BCUT2D eigenvalue weighted by Crippen LogP contribution is -2.45. The SMILES string of the molecule is CN=C(NCc1ccc(C)cc1)NCC1COc2ccccc2O1.I. The minimum Gasteiger partial charge on any atom is -0.486 e. The topological polar surface area (TPSA) is 54.9 Å². The van der Waals surface area contributed by atoms with E-state index in [0.29, 0.717) is 13.2 Å². The predicted molar refractivity (Wildman–Crippen MR) is 111 cm³/mol. The van der Waals surface area contributed by atoms with E-state index in [1.807, 2.05) is 24.3 Å². The fourth-order valence-corrected chi connectivity index (χ4v) is 2.49. The van der Waals surface area contributed by atoms with Crippen LogP contribution in [-0.4, -0.2) is 32.3 Å². The van der Waals surface area contributed by atoms with Crippen LogP contribution in [-0.2, 0) is 6.54 Å². The van der Waals surface area contributed by atoms with Gasteiger partial charge in [0.25, 0.3) is 0 Å². The van der Waals surface area contributed by atoms with Gasteiger partial charge >= 0.3 is 0 Å². The van der Waals surface area contributed by atoms with Crippen LogP contribution in [0.1, 0.15) is 11.1 Å². The third kappa shape index (κ3) is 5.52. The number of aryl methyl sites for hydroxylation is 1. The van der Waals surface area contributed by atoms with Gasteiger partial charge in [-0.25, -0.2) is 0 Å². The van der Waals surface area contributed by atoms with Crippen molar-refractivity contribution in [2.45, 2.75) is 19.6 Å². The van der Waals surface area contributed by atoms with Crippen molar-refractivity contribution in [2.24, 2.45) is 4.99 Å². The maximum absolute atomic E-state index is 5.93. The fraction of sp³-hybridized carbons (Fsp3) is 0.316. The molecule has 1 unspecified atom stereocenters. The third-order valence-electron chi connectivity index (χ3n) is 3.87. The maximum Gasteiger partial charge on any atom is 0.191 e. The van der Waals surface area contributed by atoms with E-state index < -0.39 is 0 Å². The Balaban J connectivity index is 0.00000225. The molecule has 0 saturated carbocycles. The standard InChI is InChI=1S/C19H23N3O2.HI/c1-14-7-9-15(10-8-14)11-21-19(20-2)22-12-16-13-23-17-5-3-4-6-18(17)24-16;/h3-10,16H,11-13H2,1-2H3,(H2,20,21,22);1H. The molecule has 0 radical (unpaired) electrons. The summed E-state index contributed by atoms with van der Waals surface area (Å²) in [7, 11) is 1.76. The van der Waals surface area contributed by atoms with Crippen LogP contribution >= 0.6 is 24.0 Å². The van der Waals surface area contributed by atoms with Crippen molar-refractivity contribution in [3.8, 4) is 11.5 Å². The number of aliphatic imine (C=N–C) groups is 1. The molecular weight excluding hydrogens is 429 g/mol. The van der Waals surface area contributed by atoms with Crippen LogP contribution in [0.3, 0.4) is 0 Å². The highest BCUT2D eigenvalue weighted by Crippen LogP contribution is 2.30. The van der Waals surface area contributed by atoms with Crippen molar-refractivity contribution in [1.82, 2.24) is 10.6 Å². The van der Waals surface area contributed by atoms with Crippen molar-refractivity contribution in [3.63, 3.8) is 0 Å². The number of rotatable bonds is 4. The number of nitrogens with one attached hydrogen (secondary N) is 2. The Morgan fingerprint density at radius 2 is 1.80 bits per heavy atom. The summed E-state index contributed by atoms with van der Waals surface area (Å²) in [6, 6.07) is 16.2. The van der Waals surface area contributed by atoms with Gasteiger partial charge in [0, 0.05) is 13.6 Å². The minimum absolute atomic E-state index is 0. The summed E-state index contributed by atoms with van der Waals surface area (Å²) in [5.74, 6) is 2.34. The fourth-order valence-electron chi connectivity index (χ4n) is 2.49. The predicted octanol–water partition coefficient (Wildman–Crippen LogP) is 3.12. The normalized spacial score (nSPS) is 15.9. The Hall–Kier alpha value is -1.96. The first-order valence-corrected chi connectivity index (χ1v) is 8.13. The zero-order valence-corrected chi connectivity index (χ0v) is 16.8. The first kappa shape index (κ1) is 19.4. The van der Waals surface area contributed by atoms with Gasteiger partial charge in [0.1, 0.15) is 12.7 Å². The summed E-state index contributed by atoms with van der Waals surface area (Å²) in [5.41, 5.74) is 2.48. The number of hydrogen-bond donors (Lipinski definition) is 2. The van der Waals surface area contributed by atoms with E-state index in [2.05, 4.69) is 46.8 Å². The maximum atomic E-state index is 5.93. The zero-order valence-electron chi connectivity index (χ0n) is 14.5. The van der Waals surface area contributed by atoms with Crippen molar-refractivity contribution < 1.29 is 9.47 Å². The summed E-state index contributed by atoms with van der Waals surface area (Å²) in [6.45, 7) is 3.97. The number of benzene rings is 2. The molecule has 2 aromatic rings. The van der Waals surface area contributed by atoms with E-state index in [9.17, 15) is 0 Å². The number of fused-ring (bicyclic) bond motifs is 1. The molecule has 0 aromatic heterocycles. The van der Waals surface area contributed by atoms with Gasteiger partial charge in [0.2, 0.25) is 0 Å². The average Bonchev–Trinajstić information content (AvgIpc) is 2.63. The van der Waals surface area contributed by atoms with Gasteiger partial charge in [-0.3, -0.25) is 4.99 Å². The van der Waals surface area contributed by atoms with E-state index in [4.69, 9.17) is 9.47 Å². The number of para-hydroxylation sites is 2. The lowest BCUT2D eigenvalue weighted by atomic mass is 10.1. The molecule has 1 heterocycles. The Morgan fingerprint density at radius 3 is 2.52 bits per heavy atom. The molecule has 0 aliphatic carbocycles. The second kappa shape index (κ2) is 9.50. The summed E-state index contributed by atoms with van der Waals surface area (Å²) in [5, 5.41) is 6.59. The van der Waals surface area contributed by atoms with Crippen LogP contribution in [0.15, 0.2) is 53.5 Å². The molecule has 6 heteroatoms. The molecule has 2 N–H and O–H groups in total. The number of ether oxygens (including phenoxy) is 2. The quantitative estimate of drug-likeness (QED) is 0.425. The van der Waals surface area contributed by atoms with Gasteiger partial charge in [-0.15, -0.1) is 24.0 Å². The Bertz CT molecular complexity index is 704. The monoisotopic (exact) mass is 453 g/mol. The van der Waals surface area contributed by atoms with Gasteiger partial charge in [-0.2, -0.15) is 0 Å². The molecule has 0 fully saturated rings. The zero-order chi connectivity index (χ0) is 16.8. The van der Waals surface area contributed by atoms with Crippen molar-refractivity contribution in [3.05, 3.63) is 59.7 Å². The minimum atomic E-state index is -0.0437. The van der Waals surface area contributed by atoms with Crippen LogP contribution in [0.2, 0.25) is 0 Å². The Labute approximate surface area is 165 Å². The lowest BCUT2D eigenvalue weighted by Gasteiger charge is -2.27. The molecule has 1 atom stereocenters. The van der Waals surface area contributed by atoms with Crippen molar-refractivity contribution in [2.75, 3.05) is 20.2 Å². The van der Waals surface area contributed by atoms with E-state index in [-0.39, 0.29) is 30.1 Å². The molecule has 25 heavy (non-hydrogen) atoms. The molecule has 134 valence electrons. The smallest absolute Gasteiger partial charge is 0.191 e. The number of nitrogens with zero attached hydrogens (tertiary/aromatic N) is 1. The summed E-state index contributed by atoms with van der Waals surface area (Å²) < 4.78 is 11.6. The van der Waals surface area contributed by atoms with Crippen LogP contribution in [0, 0.1) is 6.92 Å². The summed E-state index contributed by atoms with van der Waals surface area (Å²) >= 11 is 0. The first-order chi connectivity index (χ1) is 11.7. The highest BCUT2D eigenvalue weighted by atomic mass is 127. The highest BCUT2D eigenvalue weighted by molar-refractivity contribution is 14.0. The van der Waals surface area contributed by atoms with Crippen molar-refractivity contribution >= 4 is 29.9 Å². The first-order valence-electron chi connectivity index (χ1n) is 8.13. The number of guanidine groups is 1. The van der Waals surface area contributed by atoms with Crippen LogP contribution < -0.4 is 20.1 Å². The largest absolute Gasteiger partial charge is 0.486 e. The van der Waals surface area contributed by atoms with E-state index in [1.54, 1.807) is 7.05 Å². The van der Waals surface area contributed by atoms with Crippen LogP contribution in [0.4, 0.5) is 0 Å². The van der Waals surface area contributed by atoms with E-state index >= 15 is 0 Å². The molecule has 0 spiro atoms. The van der Waals surface area contributed by atoms with Gasteiger partial charge in [0.15, 0.2) is 17.5 Å². The van der Waals surface area contributed by atoms with Crippen LogP contribution in [0.5, 0.6) is 11.5 Å². The van der Waals surface area contributed by atoms with Crippen LogP contribution in [0.25, 0.3) is 0 Å². The third-order valence-corrected chi connectivity index (χ3v) is 3.87. The number of halogens is 1. The molecule has 0 bridgehead atoms. The van der Waals surface area contributed by atoms with Gasteiger partial charge in [-0.1, -0.05) is 42.0 Å². The van der Waals surface area contributed by atoms with E-state index in [0.717, 1.165) is 24.0 Å². The molecule has 1 aliphatic rings. The molecule has 0 amide bonds. The van der Waals surface area contributed by atoms with Gasteiger partial charge < -0.3 is 20.1 Å². The second-order valence-electron chi connectivity index (χ2n) is 5.79. The van der Waals surface area contributed by atoms with E-state index in [1.165, 1.54) is 11.1 Å². The van der Waals surface area contributed by atoms with Gasteiger partial charge in [-0.05, 0) is 24.6 Å². The Morgan fingerprint density at radius 1 is 1.08 bits per heavy atom. The second-order valence-corrected chi connectivity index (χ2v) is 5.79. The van der Waals surface area contributed by atoms with Crippen molar-refractivity contribution in [1.29, 1.82) is 0 Å². The number of hydrogen-bond acceptors (Lipinski definition) is 3. The molecule has 5 nitrogen and oxygen atoms in total. The molecule has 3 rings (SSSR count). The average molecular weight is 453 g/mol.